The molecule has 0 bridgehead atoms. The van der Waals surface area contributed by atoms with Crippen LogP contribution in [0.1, 0.15) is 30.8 Å². The van der Waals surface area contributed by atoms with Gasteiger partial charge in [0.1, 0.15) is 0 Å². The van der Waals surface area contributed by atoms with Crippen LogP contribution in [0.3, 0.4) is 0 Å². The van der Waals surface area contributed by atoms with E-state index in [2.05, 4.69) is 34.1 Å². The van der Waals surface area contributed by atoms with E-state index in [1.807, 2.05) is 29.2 Å². The van der Waals surface area contributed by atoms with Crippen molar-refractivity contribution in [1.29, 1.82) is 0 Å². The number of anilines is 2. The van der Waals surface area contributed by atoms with Crippen LogP contribution in [0, 0.1) is 5.92 Å². The number of nitrogens with one attached hydrogen (secondary N) is 1. The van der Waals surface area contributed by atoms with E-state index in [0.29, 0.717) is 29.9 Å². The predicted molar refractivity (Wildman–Crippen MR) is 109 cm³/mol. The van der Waals surface area contributed by atoms with Gasteiger partial charge in [0.2, 0.25) is 5.91 Å². The molecule has 0 radical (unpaired) electrons. The summed E-state index contributed by atoms with van der Waals surface area (Å²) in [7, 11) is 0. The van der Waals surface area contributed by atoms with Gasteiger partial charge in [-0.2, -0.15) is 0 Å². The Morgan fingerprint density at radius 1 is 1.26 bits per heavy atom. The van der Waals surface area contributed by atoms with E-state index in [1.165, 1.54) is 0 Å². The summed E-state index contributed by atoms with van der Waals surface area (Å²) < 4.78 is 0. The number of para-hydroxylation sites is 2. The summed E-state index contributed by atoms with van der Waals surface area (Å²) in [5.74, 6) is 1.07. The molecular weight excluding hydrogens is 382 g/mol. The molecule has 6 nitrogen and oxygen atoms in total. The predicted octanol–water partition coefficient (Wildman–Crippen LogP) is 4.41. The largest absolute Gasteiger partial charge is 0.337 e. The third-order valence-corrected chi connectivity index (χ3v) is 5.68. The topological polar surface area (TPSA) is 71.0 Å². The maximum Gasteiger partial charge on any atom is 0.223 e. The average Bonchev–Trinajstić information content (AvgIpc) is 3.03. The zero-order valence-electron chi connectivity index (χ0n) is 15.2. The lowest BCUT2D eigenvalue weighted by atomic mass is 10.1. The summed E-state index contributed by atoms with van der Waals surface area (Å²) in [6, 6.07) is 7.60. The number of rotatable bonds is 4. The van der Waals surface area contributed by atoms with Crippen molar-refractivity contribution in [3.63, 3.8) is 0 Å². The Morgan fingerprint density at radius 3 is 2.74 bits per heavy atom. The number of aromatic nitrogens is 3. The second-order valence-electron chi connectivity index (χ2n) is 7.03. The van der Waals surface area contributed by atoms with Gasteiger partial charge in [-0.05, 0) is 18.1 Å². The highest BCUT2D eigenvalue weighted by atomic mass is 35.5. The molecule has 3 heterocycles. The smallest absolute Gasteiger partial charge is 0.223 e. The van der Waals surface area contributed by atoms with Crippen LogP contribution < -0.4 is 5.32 Å². The molecule has 140 valence electrons. The Morgan fingerprint density at radius 2 is 2.00 bits per heavy atom. The fourth-order valence-corrected chi connectivity index (χ4v) is 4.30. The van der Waals surface area contributed by atoms with E-state index >= 15 is 0 Å². The number of fused-ring (bicyclic) bond motifs is 2. The Hall–Kier alpha value is -2.25. The monoisotopic (exact) mass is 401 g/mol. The first-order valence-electron chi connectivity index (χ1n) is 8.95. The molecular formula is C19H20ClN5OS. The Balaban J connectivity index is 1.53. The molecule has 0 unspecified atom stereocenters. The van der Waals surface area contributed by atoms with Gasteiger partial charge in [0.15, 0.2) is 16.1 Å². The average molecular weight is 402 g/mol. The van der Waals surface area contributed by atoms with Crippen molar-refractivity contribution in [2.75, 3.05) is 11.9 Å². The van der Waals surface area contributed by atoms with Crippen LogP contribution in [-0.2, 0) is 17.8 Å². The number of carbonyl (C=O) groups is 1. The number of nitrogens with zero attached hydrogens (tertiary/aromatic N) is 4. The van der Waals surface area contributed by atoms with Crippen LogP contribution in [-0.4, -0.2) is 32.3 Å². The molecule has 0 atom stereocenters. The van der Waals surface area contributed by atoms with Crippen LogP contribution in [0.15, 0.2) is 24.3 Å². The fourth-order valence-electron chi connectivity index (χ4n) is 3.10. The maximum absolute atomic E-state index is 12.3. The van der Waals surface area contributed by atoms with Gasteiger partial charge in [-0.3, -0.25) is 4.79 Å². The first-order valence-corrected chi connectivity index (χ1v) is 10.1. The summed E-state index contributed by atoms with van der Waals surface area (Å²) in [6.07, 6.45) is 1.36. The Bertz CT molecular complexity index is 1000. The Kier molecular flexibility index (Phi) is 4.97. The van der Waals surface area contributed by atoms with Gasteiger partial charge in [-0.1, -0.05) is 48.9 Å². The first-order chi connectivity index (χ1) is 13.0. The second-order valence-corrected chi connectivity index (χ2v) is 8.47. The number of carbonyl (C=O) groups excluding carboxylic acids is 1. The standard InChI is InChI=1S/C19H20ClN5OS/c1-11(2)9-16(26)25-8-7-14-15(10-25)27-19(23-14)24-18-17(20)21-12-5-3-4-6-13(12)22-18/h3-6,11H,7-10H2,1-2H3,(H,22,23,24). The number of hydrogen-bond acceptors (Lipinski definition) is 6. The third-order valence-electron chi connectivity index (χ3n) is 4.42. The Labute approximate surface area is 166 Å². The van der Waals surface area contributed by atoms with Crippen molar-refractivity contribution >= 4 is 50.8 Å². The van der Waals surface area contributed by atoms with Gasteiger partial charge in [-0.15, -0.1) is 0 Å². The van der Waals surface area contributed by atoms with E-state index in [0.717, 1.165) is 39.7 Å². The van der Waals surface area contributed by atoms with Gasteiger partial charge < -0.3 is 10.2 Å². The highest BCUT2D eigenvalue weighted by Gasteiger charge is 2.24. The normalized spacial score (nSPS) is 13.9. The zero-order valence-corrected chi connectivity index (χ0v) is 16.8. The summed E-state index contributed by atoms with van der Waals surface area (Å²) >= 11 is 7.82. The molecule has 3 aromatic rings. The number of thiazole rings is 1. The molecule has 0 aliphatic carbocycles. The molecule has 1 amide bonds. The van der Waals surface area contributed by atoms with Crippen molar-refractivity contribution in [3.05, 3.63) is 40.0 Å². The minimum Gasteiger partial charge on any atom is -0.337 e. The summed E-state index contributed by atoms with van der Waals surface area (Å²) in [4.78, 5) is 29.0. The van der Waals surface area contributed by atoms with E-state index in [1.54, 1.807) is 11.3 Å². The minimum absolute atomic E-state index is 0.210. The van der Waals surface area contributed by atoms with Gasteiger partial charge in [-0.25, -0.2) is 15.0 Å². The SMILES string of the molecule is CC(C)CC(=O)N1CCc2nc(Nc3nc4ccccc4nc3Cl)sc2C1. The highest BCUT2D eigenvalue weighted by molar-refractivity contribution is 7.15. The molecule has 0 saturated carbocycles. The van der Waals surface area contributed by atoms with Crippen LogP contribution >= 0.6 is 22.9 Å². The van der Waals surface area contributed by atoms with Gasteiger partial charge in [0, 0.05) is 24.3 Å². The van der Waals surface area contributed by atoms with Crippen LogP contribution in [0.25, 0.3) is 11.0 Å². The minimum atomic E-state index is 0.210. The van der Waals surface area contributed by atoms with Gasteiger partial charge in [0.05, 0.1) is 23.3 Å². The maximum atomic E-state index is 12.3. The van der Waals surface area contributed by atoms with Crippen molar-refractivity contribution in [3.8, 4) is 0 Å². The van der Waals surface area contributed by atoms with E-state index < -0.39 is 0 Å². The van der Waals surface area contributed by atoms with Crippen molar-refractivity contribution in [2.45, 2.75) is 33.2 Å². The van der Waals surface area contributed by atoms with Crippen LogP contribution in [0.5, 0.6) is 0 Å². The molecule has 1 aromatic carbocycles. The highest BCUT2D eigenvalue weighted by Crippen LogP contribution is 2.32. The molecule has 1 aliphatic heterocycles. The molecule has 1 aliphatic rings. The molecule has 0 saturated heterocycles. The lowest BCUT2D eigenvalue weighted by Gasteiger charge is -2.26. The van der Waals surface area contributed by atoms with Gasteiger partial charge in [0.25, 0.3) is 0 Å². The fraction of sp³-hybridized carbons (Fsp3) is 0.368. The molecule has 1 N–H and O–H groups in total. The van der Waals surface area contributed by atoms with E-state index in [4.69, 9.17) is 11.6 Å². The quantitative estimate of drug-likeness (QED) is 0.700. The lowest BCUT2D eigenvalue weighted by molar-refractivity contribution is -0.132. The third kappa shape index (κ3) is 3.89. The van der Waals surface area contributed by atoms with Crippen LogP contribution in [0.2, 0.25) is 5.15 Å². The molecule has 0 fully saturated rings. The summed E-state index contributed by atoms with van der Waals surface area (Å²) in [5, 5.41) is 4.24. The zero-order chi connectivity index (χ0) is 19.0. The lowest BCUT2D eigenvalue weighted by Crippen LogP contribution is -2.36. The molecule has 8 heteroatoms. The van der Waals surface area contributed by atoms with E-state index in [9.17, 15) is 4.79 Å². The molecule has 27 heavy (non-hydrogen) atoms. The number of benzene rings is 1. The van der Waals surface area contributed by atoms with Crippen molar-refractivity contribution in [2.24, 2.45) is 5.92 Å². The second kappa shape index (κ2) is 7.40. The number of halogens is 1. The van der Waals surface area contributed by atoms with E-state index in [-0.39, 0.29) is 5.91 Å². The van der Waals surface area contributed by atoms with Crippen LogP contribution in [0.4, 0.5) is 10.9 Å². The van der Waals surface area contributed by atoms with Crippen molar-refractivity contribution in [1.82, 2.24) is 19.9 Å². The summed E-state index contributed by atoms with van der Waals surface area (Å²) in [6.45, 7) is 5.47. The number of amides is 1. The molecule has 4 rings (SSSR count). The summed E-state index contributed by atoms with van der Waals surface area (Å²) in [5.41, 5.74) is 2.57. The first kappa shape index (κ1) is 18.1. The molecule has 2 aromatic heterocycles. The number of hydrogen-bond donors (Lipinski definition) is 1. The van der Waals surface area contributed by atoms with Crippen molar-refractivity contribution < 1.29 is 4.79 Å². The van der Waals surface area contributed by atoms with Gasteiger partial charge >= 0.3 is 0 Å². The molecule has 0 spiro atoms.